The van der Waals surface area contributed by atoms with E-state index in [0.29, 0.717) is 159 Å². The van der Waals surface area contributed by atoms with Gasteiger partial charge in [0.2, 0.25) is 0 Å². The Labute approximate surface area is 261 Å². The van der Waals surface area contributed by atoms with Gasteiger partial charge in [0, 0.05) is 0 Å². The molecule has 0 atom stereocenters. The Morgan fingerprint density at radius 1 is 0.364 bits per heavy atom. The molecule has 0 saturated carbocycles. The number of terminal acetylenes is 1. The van der Waals surface area contributed by atoms with Crippen LogP contribution in [0.4, 0.5) is 0 Å². The summed E-state index contributed by atoms with van der Waals surface area (Å²) in [6, 6.07) is 0. The van der Waals surface area contributed by atoms with Crippen molar-refractivity contribution in [3.05, 3.63) is 0 Å². The normalized spacial score (nSPS) is 11.2. The van der Waals surface area contributed by atoms with Crippen molar-refractivity contribution in [1.82, 2.24) is 0 Å². The van der Waals surface area contributed by atoms with Crippen molar-refractivity contribution in [1.29, 1.82) is 0 Å². The lowest BCUT2D eigenvalue weighted by atomic mass is 10.6. The first kappa shape index (κ1) is 42.5. The zero-order chi connectivity index (χ0) is 31.9. The average molecular weight is 643 g/mol. The highest BCUT2D eigenvalue weighted by Crippen LogP contribution is 1.87. The molecule has 0 aromatic carbocycles. The third-order valence-corrected chi connectivity index (χ3v) is 4.88. The fourth-order valence-corrected chi connectivity index (χ4v) is 2.83. The lowest BCUT2D eigenvalue weighted by Gasteiger charge is -2.09. The molecule has 0 aliphatic carbocycles. The number of hydrogen-bond acceptors (Lipinski definition) is 14. The predicted octanol–water partition coefficient (Wildman–Crippen LogP) is -0.0800. The highest BCUT2D eigenvalue weighted by atomic mass is 16.6. The summed E-state index contributed by atoms with van der Waals surface area (Å²) in [5.74, 6) is 1.39. The van der Waals surface area contributed by atoms with Gasteiger partial charge in [0.1, 0.15) is 13.2 Å². The van der Waals surface area contributed by atoms with E-state index in [-0.39, 0.29) is 13.2 Å². The highest BCUT2D eigenvalue weighted by molar-refractivity contribution is 5.67. The van der Waals surface area contributed by atoms with E-state index in [0.717, 1.165) is 0 Å². The van der Waals surface area contributed by atoms with Crippen molar-refractivity contribution in [2.45, 2.75) is 0 Å². The van der Waals surface area contributed by atoms with Crippen LogP contribution in [-0.2, 0) is 66.4 Å². The number of rotatable bonds is 39. The van der Waals surface area contributed by atoms with Gasteiger partial charge < -0.3 is 66.7 Å². The second kappa shape index (κ2) is 39.5. The first-order chi connectivity index (χ1) is 21.8. The maximum atomic E-state index is 10.3. The fourth-order valence-electron chi connectivity index (χ4n) is 2.83. The summed E-state index contributed by atoms with van der Waals surface area (Å²) in [6.45, 7) is 11.2. The number of hydrogen-bond donors (Lipinski definition) is 1. The Hall–Kier alpha value is -1.49. The number of carboxylic acids is 1. The van der Waals surface area contributed by atoms with E-state index in [1.54, 1.807) is 0 Å². The topological polar surface area (TPSA) is 157 Å². The monoisotopic (exact) mass is 642 g/mol. The first-order valence-corrected chi connectivity index (χ1v) is 14.9. The minimum absolute atomic E-state index is 0.239. The molecule has 0 rings (SSSR count). The van der Waals surface area contributed by atoms with Crippen molar-refractivity contribution in [3.8, 4) is 12.3 Å². The SMILES string of the molecule is C#CCOCCOCCOCCOCCOCCOCCOCCOCCOCCOCCOCCOCCOCC(=O)O. The van der Waals surface area contributed by atoms with Crippen LogP contribution < -0.4 is 0 Å². The molecule has 0 saturated heterocycles. The van der Waals surface area contributed by atoms with E-state index < -0.39 is 5.97 Å². The van der Waals surface area contributed by atoms with Crippen LogP contribution in [0.3, 0.4) is 0 Å². The van der Waals surface area contributed by atoms with Crippen LogP contribution in [0.1, 0.15) is 0 Å². The molecular weight excluding hydrogens is 588 g/mol. The molecule has 15 nitrogen and oxygen atoms in total. The second-order valence-electron chi connectivity index (χ2n) is 8.44. The van der Waals surface area contributed by atoms with Gasteiger partial charge in [-0.25, -0.2) is 4.79 Å². The van der Waals surface area contributed by atoms with Crippen LogP contribution in [0, 0.1) is 12.3 Å². The van der Waals surface area contributed by atoms with Crippen LogP contribution >= 0.6 is 0 Å². The highest BCUT2D eigenvalue weighted by Gasteiger charge is 1.98. The van der Waals surface area contributed by atoms with E-state index in [4.69, 9.17) is 73.1 Å². The predicted molar refractivity (Wildman–Crippen MR) is 157 cm³/mol. The van der Waals surface area contributed by atoms with E-state index in [1.807, 2.05) is 0 Å². The average Bonchev–Trinajstić information content (AvgIpc) is 3.02. The molecule has 0 aliphatic heterocycles. The Morgan fingerprint density at radius 3 is 0.727 bits per heavy atom. The van der Waals surface area contributed by atoms with Crippen molar-refractivity contribution >= 4 is 5.97 Å². The zero-order valence-electron chi connectivity index (χ0n) is 26.1. The summed E-state index contributed by atoms with van der Waals surface area (Å²) in [6.07, 6.45) is 5.07. The second-order valence-corrected chi connectivity index (χ2v) is 8.44. The molecule has 0 aromatic rings. The number of carboxylic acid groups (broad SMARTS) is 1. The van der Waals surface area contributed by atoms with Crippen LogP contribution in [0.2, 0.25) is 0 Å². The van der Waals surface area contributed by atoms with Crippen molar-refractivity contribution in [2.24, 2.45) is 0 Å². The Balaban J connectivity index is 3.04. The molecule has 260 valence electrons. The minimum Gasteiger partial charge on any atom is -0.480 e. The lowest BCUT2D eigenvalue weighted by molar-refractivity contribution is -0.142. The fraction of sp³-hybridized carbons (Fsp3) is 0.897. The smallest absolute Gasteiger partial charge is 0.329 e. The maximum Gasteiger partial charge on any atom is 0.329 e. The maximum absolute atomic E-state index is 10.3. The van der Waals surface area contributed by atoms with Crippen LogP contribution in [-0.4, -0.2) is 183 Å². The molecule has 0 spiro atoms. The van der Waals surface area contributed by atoms with Gasteiger partial charge >= 0.3 is 5.97 Å². The summed E-state index contributed by atoms with van der Waals surface area (Å²) in [5.41, 5.74) is 0. The molecule has 0 bridgehead atoms. The van der Waals surface area contributed by atoms with Gasteiger partial charge in [-0.3, -0.25) is 0 Å². The molecule has 0 unspecified atom stereocenters. The van der Waals surface area contributed by atoms with Crippen LogP contribution in [0.25, 0.3) is 0 Å². The number of aliphatic carboxylic acids is 1. The molecule has 15 heteroatoms. The zero-order valence-corrected chi connectivity index (χ0v) is 26.1. The molecule has 0 heterocycles. The summed E-state index contributed by atoms with van der Waals surface area (Å²) in [4.78, 5) is 10.3. The van der Waals surface area contributed by atoms with Crippen LogP contribution in [0.15, 0.2) is 0 Å². The molecular formula is C29H54O15. The van der Waals surface area contributed by atoms with E-state index in [1.165, 1.54) is 0 Å². The third-order valence-electron chi connectivity index (χ3n) is 4.88. The lowest BCUT2D eigenvalue weighted by Crippen LogP contribution is -2.15. The van der Waals surface area contributed by atoms with Gasteiger partial charge in [0.05, 0.1) is 159 Å². The molecule has 0 amide bonds. The third kappa shape index (κ3) is 40.5. The van der Waals surface area contributed by atoms with E-state index in [2.05, 4.69) is 5.92 Å². The van der Waals surface area contributed by atoms with Crippen molar-refractivity contribution in [2.75, 3.05) is 172 Å². The van der Waals surface area contributed by atoms with Crippen molar-refractivity contribution in [3.63, 3.8) is 0 Å². The minimum atomic E-state index is -0.998. The van der Waals surface area contributed by atoms with Gasteiger partial charge in [0.25, 0.3) is 0 Å². The molecule has 0 aromatic heterocycles. The quantitative estimate of drug-likeness (QED) is 0.0701. The Kier molecular flexibility index (Phi) is 38.2. The summed E-state index contributed by atoms with van der Waals surface area (Å²) in [5, 5.41) is 8.42. The number of carbonyl (C=O) groups is 1. The van der Waals surface area contributed by atoms with Crippen molar-refractivity contribution < 1.29 is 71.5 Å². The Morgan fingerprint density at radius 2 is 0.545 bits per heavy atom. The van der Waals surface area contributed by atoms with Gasteiger partial charge in [-0.05, 0) is 0 Å². The largest absolute Gasteiger partial charge is 0.480 e. The molecule has 0 radical (unpaired) electrons. The van der Waals surface area contributed by atoms with Gasteiger partial charge in [0.15, 0.2) is 0 Å². The van der Waals surface area contributed by atoms with E-state index >= 15 is 0 Å². The Bertz CT molecular complexity index is 606. The standard InChI is InChI=1S/C29H54O15/c1-2-3-32-4-5-33-6-7-34-8-9-35-10-11-36-12-13-37-14-15-38-16-17-39-18-19-40-20-21-41-22-23-42-24-25-43-26-27-44-28-29(30)31/h1H,3-28H2,(H,30,31). The van der Waals surface area contributed by atoms with Gasteiger partial charge in [-0.1, -0.05) is 5.92 Å². The molecule has 1 N–H and O–H groups in total. The molecule has 0 aliphatic rings. The van der Waals surface area contributed by atoms with Gasteiger partial charge in [-0.15, -0.1) is 6.42 Å². The first-order valence-electron chi connectivity index (χ1n) is 14.9. The summed E-state index contributed by atoms with van der Waals surface area (Å²) >= 11 is 0. The molecule has 44 heavy (non-hydrogen) atoms. The van der Waals surface area contributed by atoms with Gasteiger partial charge in [-0.2, -0.15) is 0 Å². The summed E-state index contributed by atoms with van der Waals surface area (Å²) in [7, 11) is 0. The summed E-state index contributed by atoms with van der Waals surface area (Å²) < 4.78 is 69.3. The van der Waals surface area contributed by atoms with E-state index in [9.17, 15) is 4.79 Å². The number of ether oxygens (including phenoxy) is 13. The molecule has 0 fully saturated rings. The van der Waals surface area contributed by atoms with Crippen LogP contribution in [0.5, 0.6) is 0 Å².